The molecule has 26 heavy (non-hydrogen) atoms. The topological polar surface area (TPSA) is 30.5 Å². The van der Waals surface area contributed by atoms with E-state index >= 15 is 0 Å². The van der Waals surface area contributed by atoms with Gasteiger partial charge in [-0.25, -0.2) is 0 Å². The van der Waals surface area contributed by atoms with Crippen molar-refractivity contribution in [3.8, 4) is 11.5 Å². The number of benzene rings is 2. The number of para-hydroxylation sites is 2. The molecule has 0 atom stereocenters. The van der Waals surface area contributed by atoms with E-state index in [0.29, 0.717) is 13.2 Å². The molecule has 2 rings (SSSR count). The van der Waals surface area contributed by atoms with Crippen LogP contribution in [0.5, 0.6) is 11.5 Å². The van der Waals surface area contributed by atoms with Crippen LogP contribution in [0.3, 0.4) is 0 Å². The van der Waals surface area contributed by atoms with Crippen molar-refractivity contribution in [3.63, 3.8) is 0 Å². The zero-order valence-electron chi connectivity index (χ0n) is 17.3. The van der Waals surface area contributed by atoms with Crippen LogP contribution < -0.4 is 14.8 Å². The van der Waals surface area contributed by atoms with Gasteiger partial charge >= 0.3 is 0 Å². The quantitative estimate of drug-likeness (QED) is 0.666. The Hall–Kier alpha value is -2.16. The molecule has 2 aromatic carbocycles. The van der Waals surface area contributed by atoms with E-state index in [-0.39, 0.29) is 10.8 Å². The highest BCUT2D eigenvalue weighted by Crippen LogP contribution is 2.35. The number of rotatable bonds is 6. The van der Waals surface area contributed by atoms with Crippen molar-refractivity contribution < 1.29 is 9.47 Å². The maximum absolute atomic E-state index is 6.12. The molecule has 3 heteroatoms. The van der Waals surface area contributed by atoms with Gasteiger partial charge in [0.2, 0.25) is 0 Å². The van der Waals surface area contributed by atoms with Crippen LogP contribution in [0.2, 0.25) is 0 Å². The smallest absolute Gasteiger partial charge is 0.141 e. The first-order chi connectivity index (χ1) is 12.1. The predicted octanol–water partition coefficient (Wildman–Crippen LogP) is 5.78. The summed E-state index contributed by atoms with van der Waals surface area (Å²) >= 11 is 0. The van der Waals surface area contributed by atoms with Gasteiger partial charge in [0.25, 0.3) is 0 Å². The summed E-state index contributed by atoms with van der Waals surface area (Å²) in [5.41, 5.74) is 3.73. The highest BCUT2D eigenvalue weighted by Gasteiger charge is 2.23. The van der Waals surface area contributed by atoms with Crippen molar-refractivity contribution in [2.45, 2.75) is 52.4 Å². The Bertz CT molecular complexity index is 724. The van der Waals surface area contributed by atoms with Crippen LogP contribution in [0.25, 0.3) is 0 Å². The van der Waals surface area contributed by atoms with E-state index in [1.807, 2.05) is 24.3 Å². The van der Waals surface area contributed by atoms with Gasteiger partial charge < -0.3 is 14.8 Å². The SMILES string of the molecule is COc1ccccc1NCCOc1ccc(C(C)(C)C)cc1C(C)(C)C. The second-order valence-corrected chi connectivity index (χ2v) is 8.69. The van der Waals surface area contributed by atoms with Crippen LogP contribution in [-0.4, -0.2) is 20.3 Å². The Morgan fingerprint density at radius 1 is 0.846 bits per heavy atom. The molecule has 0 aliphatic heterocycles. The fraction of sp³-hybridized carbons (Fsp3) is 0.478. The molecule has 0 heterocycles. The molecule has 0 saturated heterocycles. The summed E-state index contributed by atoms with van der Waals surface area (Å²) in [6, 6.07) is 14.5. The first-order valence-electron chi connectivity index (χ1n) is 9.27. The van der Waals surface area contributed by atoms with E-state index in [4.69, 9.17) is 9.47 Å². The summed E-state index contributed by atoms with van der Waals surface area (Å²) < 4.78 is 11.5. The number of hydrogen-bond acceptors (Lipinski definition) is 3. The zero-order valence-corrected chi connectivity index (χ0v) is 17.3. The van der Waals surface area contributed by atoms with Gasteiger partial charge in [-0.3, -0.25) is 0 Å². The number of ether oxygens (including phenoxy) is 2. The summed E-state index contributed by atoms with van der Waals surface area (Å²) in [5, 5.41) is 3.38. The molecule has 142 valence electrons. The number of hydrogen-bond donors (Lipinski definition) is 1. The lowest BCUT2D eigenvalue weighted by Gasteiger charge is -2.27. The lowest BCUT2D eigenvalue weighted by molar-refractivity contribution is 0.322. The summed E-state index contributed by atoms with van der Waals surface area (Å²) in [5.74, 6) is 1.81. The van der Waals surface area contributed by atoms with E-state index in [1.165, 1.54) is 11.1 Å². The number of anilines is 1. The molecular formula is C23H33NO2. The minimum absolute atomic E-state index is 0.0344. The van der Waals surface area contributed by atoms with Crippen LogP contribution in [0.1, 0.15) is 52.7 Å². The Kier molecular flexibility index (Phi) is 6.22. The molecule has 0 aromatic heterocycles. The van der Waals surface area contributed by atoms with Crippen molar-refractivity contribution in [1.29, 1.82) is 0 Å². The minimum atomic E-state index is 0.0344. The number of nitrogens with one attached hydrogen (secondary N) is 1. The largest absolute Gasteiger partial charge is 0.495 e. The van der Waals surface area contributed by atoms with Gasteiger partial charge in [-0.1, -0.05) is 65.8 Å². The molecule has 0 fully saturated rings. The third-order valence-electron chi connectivity index (χ3n) is 4.44. The molecular weight excluding hydrogens is 322 g/mol. The third-order valence-corrected chi connectivity index (χ3v) is 4.44. The fourth-order valence-corrected chi connectivity index (χ4v) is 2.85. The summed E-state index contributed by atoms with van der Waals surface area (Å²) in [6.07, 6.45) is 0. The molecule has 0 aliphatic carbocycles. The maximum atomic E-state index is 6.12. The molecule has 0 radical (unpaired) electrons. The van der Waals surface area contributed by atoms with Gasteiger partial charge in [0.05, 0.1) is 12.8 Å². The van der Waals surface area contributed by atoms with Crippen molar-refractivity contribution in [2.24, 2.45) is 0 Å². The Balaban J connectivity index is 2.07. The minimum Gasteiger partial charge on any atom is -0.495 e. The van der Waals surface area contributed by atoms with Crippen LogP contribution in [0.4, 0.5) is 5.69 Å². The van der Waals surface area contributed by atoms with Gasteiger partial charge in [0.15, 0.2) is 0 Å². The highest BCUT2D eigenvalue weighted by atomic mass is 16.5. The first kappa shape index (κ1) is 20.2. The molecule has 0 unspecified atom stereocenters. The maximum Gasteiger partial charge on any atom is 0.141 e. The monoisotopic (exact) mass is 355 g/mol. The third kappa shape index (κ3) is 5.17. The second kappa shape index (κ2) is 8.03. The van der Waals surface area contributed by atoms with Crippen molar-refractivity contribution in [1.82, 2.24) is 0 Å². The summed E-state index contributed by atoms with van der Waals surface area (Å²) in [7, 11) is 1.68. The van der Waals surface area contributed by atoms with Gasteiger partial charge in [0.1, 0.15) is 18.1 Å². The Labute approximate surface area is 158 Å². The van der Waals surface area contributed by atoms with E-state index in [0.717, 1.165) is 17.2 Å². The second-order valence-electron chi connectivity index (χ2n) is 8.69. The van der Waals surface area contributed by atoms with Crippen LogP contribution in [0, 0.1) is 0 Å². The molecule has 0 aliphatic rings. The highest BCUT2D eigenvalue weighted by molar-refractivity contribution is 5.56. The molecule has 2 aromatic rings. The lowest BCUT2D eigenvalue weighted by Crippen LogP contribution is -2.19. The molecule has 1 N–H and O–H groups in total. The molecule has 0 amide bonds. The average molecular weight is 356 g/mol. The molecule has 3 nitrogen and oxygen atoms in total. The van der Waals surface area contributed by atoms with Crippen LogP contribution in [-0.2, 0) is 10.8 Å². The van der Waals surface area contributed by atoms with E-state index < -0.39 is 0 Å². The van der Waals surface area contributed by atoms with Crippen molar-refractivity contribution >= 4 is 5.69 Å². The fourth-order valence-electron chi connectivity index (χ4n) is 2.85. The van der Waals surface area contributed by atoms with Crippen molar-refractivity contribution in [3.05, 3.63) is 53.6 Å². The zero-order chi connectivity index (χ0) is 19.4. The standard InChI is InChI=1S/C23H33NO2/c1-22(2,3)17-12-13-20(18(16-17)23(4,5)6)26-15-14-24-19-10-8-9-11-21(19)25-7/h8-13,16,24H,14-15H2,1-7H3. The van der Waals surface area contributed by atoms with Crippen LogP contribution in [0.15, 0.2) is 42.5 Å². The number of methoxy groups -OCH3 is 1. The summed E-state index contributed by atoms with van der Waals surface area (Å²) in [4.78, 5) is 0. The lowest BCUT2D eigenvalue weighted by atomic mass is 9.80. The molecule has 0 spiro atoms. The predicted molar refractivity (Wildman–Crippen MR) is 111 cm³/mol. The van der Waals surface area contributed by atoms with Gasteiger partial charge in [-0.2, -0.15) is 0 Å². The molecule has 0 saturated carbocycles. The Morgan fingerprint density at radius 3 is 2.15 bits per heavy atom. The van der Waals surface area contributed by atoms with E-state index in [9.17, 15) is 0 Å². The van der Waals surface area contributed by atoms with Gasteiger partial charge in [0, 0.05) is 6.54 Å². The summed E-state index contributed by atoms with van der Waals surface area (Å²) in [6.45, 7) is 14.7. The van der Waals surface area contributed by atoms with Crippen LogP contribution >= 0.6 is 0 Å². The normalized spacial score (nSPS) is 12.0. The Morgan fingerprint density at radius 2 is 1.54 bits per heavy atom. The van der Waals surface area contributed by atoms with Gasteiger partial charge in [-0.05, 0) is 40.2 Å². The van der Waals surface area contributed by atoms with E-state index in [1.54, 1.807) is 7.11 Å². The first-order valence-corrected chi connectivity index (χ1v) is 9.27. The van der Waals surface area contributed by atoms with E-state index in [2.05, 4.69) is 65.1 Å². The van der Waals surface area contributed by atoms with Gasteiger partial charge in [-0.15, -0.1) is 0 Å². The average Bonchev–Trinajstić information content (AvgIpc) is 2.57. The van der Waals surface area contributed by atoms with Crippen molar-refractivity contribution in [2.75, 3.05) is 25.6 Å². The molecule has 0 bridgehead atoms.